The fourth-order valence-corrected chi connectivity index (χ4v) is 1.26. The van der Waals surface area contributed by atoms with Gasteiger partial charge in [-0.15, -0.1) is 0 Å². The summed E-state index contributed by atoms with van der Waals surface area (Å²) in [5, 5.41) is 0. The van der Waals surface area contributed by atoms with Crippen molar-refractivity contribution >= 4 is 5.78 Å². The van der Waals surface area contributed by atoms with E-state index >= 15 is 0 Å². The SMILES string of the molecule is COc1ccc(F)cc1C(=O)C(C)(C)C. The van der Waals surface area contributed by atoms with Gasteiger partial charge in [-0.25, -0.2) is 4.39 Å². The highest BCUT2D eigenvalue weighted by atomic mass is 19.1. The van der Waals surface area contributed by atoms with Gasteiger partial charge in [-0.2, -0.15) is 0 Å². The summed E-state index contributed by atoms with van der Waals surface area (Å²) in [6.45, 7) is 5.37. The number of Topliss-reactive ketones (excluding diaryl/α,β-unsaturated/α-hetero) is 1. The highest BCUT2D eigenvalue weighted by Crippen LogP contribution is 2.27. The number of rotatable bonds is 2. The van der Waals surface area contributed by atoms with Crippen molar-refractivity contribution in [1.29, 1.82) is 0 Å². The Balaban J connectivity index is 3.23. The minimum atomic E-state index is -0.541. The summed E-state index contributed by atoms with van der Waals surface area (Å²) < 4.78 is 18.1. The van der Waals surface area contributed by atoms with Crippen LogP contribution >= 0.6 is 0 Å². The van der Waals surface area contributed by atoms with Gasteiger partial charge >= 0.3 is 0 Å². The molecule has 0 amide bonds. The van der Waals surface area contributed by atoms with Crippen molar-refractivity contribution in [3.63, 3.8) is 0 Å². The standard InChI is InChI=1S/C12H15FO2/c1-12(2,3)11(14)9-7-8(13)5-6-10(9)15-4/h5-7H,1-4H3. The fourth-order valence-electron chi connectivity index (χ4n) is 1.26. The number of benzene rings is 1. The van der Waals surface area contributed by atoms with Crippen LogP contribution in [0, 0.1) is 11.2 Å². The molecule has 0 aliphatic carbocycles. The predicted molar refractivity (Wildman–Crippen MR) is 56.7 cm³/mol. The monoisotopic (exact) mass is 210 g/mol. The van der Waals surface area contributed by atoms with Crippen LogP contribution in [0.2, 0.25) is 0 Å². The van der Waals surface area contributed by atoms with Gasteiger partial charge in [0.15, 0.2) is 5.78 Å². The van der Waals surface area contributed by atoms with Crippen LogP contribution in [0.5, 0.6) is 5.75 Å². The van der Waals surface area contributed by atoms with Crippen LogP contribution in [0.15, 0.2) is 18.2 Å². The topological polar surface area (TPSA) is 26.3 Å². The number of methoxy groups -OCH3 is 1. The first kappa shape index (κ1) is 11.7. The molecule has 0 aliphatic heterocycles. The lowest BCUT2D eigenvalue weighted by atomic mass is 9.86. The summed E-state index contributed by atoms with van der Waals surface area (Å²) in [7, 11) is 1.46. The maximum absolute atomic E-state index is 13.0. The lowest BCUT2D eigenvalue weighted by Crippen LogP contribution is -2.21. The van der Waals surface area contributed by atoms with Crippen LogP contribution in [-0.4, -0.2) is 12.9 Å². The number of carbonyl (C=O) groups excluding carboxylic acids is 1. The Labute approximate surface area is 89.1 Å². The Morgan fingerprint density at radius 2 is 1.93 bits per heavy atom. The van der Waals surface area contributed by atoms with Crippen LogP contribution in [-0.2, 0) is 0 Å². The summed E-state index contributed by atoms with van der Waals surface area (Å²) in [5.41, 5.74) is -0.244. The molecule has 0 aliphatic rings. The lowest BCUT2D eigenvalue weighted by molar-refractivity contribution is 0.0854. The van der Waals surface area contributed by atoms with E-state index < -0.39 is 11.2 Å². The minimum Gasteiger partial charge on any atom is -0.496 e. The molecular formula is C12H15FO2. The van der Waals surface area contributed by atoms with Crippen molar-refractivity contribution < 1.29 is 13.9 Å². The summed E-state index contributed by atoms with van der Waals surface area (Å²) >= 11 is 0. The third-order valence-electron chi connectivity index (χ3n) is 2.09. The van der Waals surface area contributed by atoms with Gasteiger partial charge in [-0.05, 0) is 18.2 Å². The smallest absolute Gasteiger partial charge is 0.171 e. The van der Waals surface area contributed by atoms with Crippen molar-refractivity contribution in [2.45, 2.75) is 20.8 Å². The van der Waals surface area contributed by atoms with E-state index in [2.05, 4.69) is 0 Å². The zero-order valence-electron chi connectivity index (χ0n) is 9.43. The predicted octanol–water partition coefficient (Wildman–Crippen LogP) is 3.06. The molecule has 0 fully saturated rings. The van der Waals surface area contributed by atoms with Crippen LogP contribution < -0.4 is 4.74 Å². The van der Waals surface area contributed by atoms with E-state index in [4.69, 9.17) is 4.74 Å². The molecule has 0 aromatic heterocycles. The average Bonchev–Trinajstić information content (AvgIpc) is 2.15. The zero-order valence-corrected chi connectivity index (χ0v) is 9.43. The Bertz CT molecular complexity index is 378. The summed E-state index contributed by atoms with van der Waals surface area (Å²) in [6.07, 6.45) is 0. The van der Waals surface area contributed by atoms with E-state index in [0.29, 0.717) is 11.3 Å². The molecule has 0 saturated heterocycles. The fraction of sp³-hybridized carbons (Fsp3) is 0.417. The van der Waals surface area contributed by atoms with Gasteiger partial charge in [0.25, 0.3) is 0 Å². The molecule has 1 aromatic carbocycles. The molecule has 82 valence electrons. The van der Waals surface area contributed by atoms with Crippen molar-refractivity contribution in [2.75, 3.05) is 7.11 Å². The van der Waals surface area contributed by atoms with Crippen molar-refractivity contribution in [3.8, 4) is 5.75 Å². The van der Waals surface area contributed by atoms with Gasteiger partial charge in [-0.1, -0.05) is 20.8 Å². The van der Waals surface area contributed by atoms with Gasteiger partial charge in [0, 0.05) is 5.41 Å². The maximum atomic E-state index is 13.0. The zero-order chi connectivity index (χ0) is 11.6. The molecule has 15 heavy (non-hydrogen) atoms. The van der Waals surface area contributed by atoms with Crippen LogP contribution in [0.25, 0.3) is 0 Å². The number of ketones is 1. The molecule has 1 rings (SSSR count). The first-order chi connectivity index (χ1) is 6.86. The lowest BCUT2D eigenvalue weighted by Gasteiger charge is -2.18. The summed E-state index contributed by atoms with van der Waals surface area (Å²) in [6, 6.07) is 3.96. The Morgan fingerprint density at radius 3 is 2.40 bits per heavy atom. The second-order valence-corrected chi connectivity index (χ2v) is 4.42. The van der Waals surface area contributed by atoms with Crippen molar-refractivity contribution in [2.24, 2.45) is 5.41 Å². The number of halogens is 1. The highest BCUT2D eigenvalue weighted by molar-refractivity contribution is 6.02. The first-order valence-electron chi connectivity index (χ1n) is 4.74. The van der Waals surface area contributed by atoms with Gasteiger partial charge in [-0.3, -0.25) is 4.79 Å². The largest absolute Gasteiger partial charge is 0.496 e. The quantitative estimate of drug-likeness (QED) is 0.701. The van der Waals surface area contributed by atoms with Crippen LogP contribution in [0.4, 0.5) is 4.39 Å². The second kappa shape index (κ2) is 4.01. The molecule has 0 heterocycles. The molecule has 0 N–H and O–H groups in total. The minimum absolute atomic E-state index is 0.126. The highest BCUT2D eigenvalue weighted by Gasteiger charge is 2.25. The maximum Gasteiger partial charge on any atom is 0.171 e. The molecule has 0 bridgehead atoms. The van der Waals surface area contributed by atoms with E-state index in [1.54, 1.807) is 20.8 Å². The molecule has 0 radical (unpaired) electrons. The Hall–Kier alpha value is -1.38. The second-order valence-electron chi connectivity index (χ2n) is 4.42. The molecule has 0 spiro atoms. The van der Waals surface area contributed by atoms with Gasteiger partial charge in [0.1, 0.15) is 11.6 Å². The van der Waals surface area contributed by atoms with Crippen molar-refractivity contribution in [3.05, 3.63) is 29.6 Å². The van der Waals surface area contributed by atoms with E-state index in [1.807, 2.05) is 0 Å². The van der Waals surface area contributed by atoms with E-state index in [0.717, 1.165) is 0 Å². The van der Waals surface area contributed by atoms with Crippen molar-refractivity contribution in [1.82, 2.24) is 0 Å². The molecular weight excluding hydrogens is 195 g/mol. The first-order valence-corrected chi connectivity index (χ1v) is 4.74. The summed E-state index contributed by atoms with van der Waals surface area (Å²) in [5.74, 6) is -0.140. The van der Waals surface area contributed by atoms with Gasteiger partial charge in [0.2, 0.25) is 0 Å². The third kappa shape index (κ3) is 2.55. The van der Waals surface area contributed by atoms with Gasteiger partial charge in [0.05, 0.1) is 12.7 Å². The van der Waals surface area contributed by atoms with E-state index in [1.165, 1.54) is 25.3 Å². The van der Waals surface area contributed by atoms with Gasteiger partial charge < -0.3 is 4.74 Å². The molecule has 3 heteroatoms. The Morgan fingerprint density at radius 1 is 1.33 bits per heavy atom. The van der Waals surface area contributed by atoms with E-state index in [-0.39, 0.29) is 5.78 Å². The molecule has 0 unspecified atom stereocenters. The van der Waals surface area contributed by atoms with Crippen LogP contribution in [0.3, 0.4) is 0 Å². The number of hydrogen-bond donors (Lipinski definition) is 0. The number of hydrogen-bond acceptors (Lipinski definition) is 2. The van der Waals surface area contributed by atoms with E-state index in [9.17, 15) is 9.18 Å². The van der Waals surface area contributed by atoms with Crippen LogP contribution in [0.1, 0.15) is 31.1 Å². The summed E-state index contributed by atoms with van der Waals surface area (Å²) in [4.78, 5) is 12.0. The molecule has 1 aromatic rings. The normalized spacial score (nSPS) is 11.3. The molecule has 2 nitrogen and oxygen atoms in total. The average molecular weight is 210 g/mol. The molecule has 0 atom stereocenters. The number of carbonyl (C=O) groups is 1. The third-order valence-corrected chi connectivity index (χ3v) is 2.09. The number of ether oxygens (including phenoxy) is 1. The molecule has 0 saturated carbocycles. The Kier molecular flexibility index (Phi) is 3.12.